The molecule has 9 nitrogen and oxygen atoms in total. The van der Waals surface area contributed by atoms with E-state index >= 15 is 0 Å². The van der Waals surface area contributed by atoms with Gasteiger partial charge in [0.1, 0.15) is 19.2 Å². The average molecular weight is 390 g/mol. The Bertz CT molecular complexity index is 1150. The molecule has 1 unspecified atom stereocenters. The van der Waals surface area contributed by atoms with Gasteiger partial charge in [0.2, 0.25) is 11.8 Å². The van der Waals surface area contributed by atoms with Gasteiger partial charge in [-0.15, -0.1) is 5.10 Å². The summed E-state index contributed by atoms with van der Waals surface area (Å²) in [6.07, 6.45) is 3.07. The van der Waals surface area contributed by atoms with Crippen LogP contribution in [0.15, 0.2) is 76.5 Å². The van der Waals surface area contributed by atoms with Crippen LogP contribution in [0.25, 0.3) is 17.1 Å². The van der Waals surface area contributed by atoms with Gasteiger partial charge in [0.05, 0.1) is 11.7 Å². The van der Waals surface area contributed by atoms with Crippen molar-refractivity contribution < 1.29 is 9.21 Å². The second kappa shape index (κ2) is 7.93. The lowest BCUT2D eigenvalue weighted by Crippen LogP contribution is -2.33. The van der Waals surface area contributed by atoms with E-state index in [1.807, 2.05) is 49.4 Å². The van der Waals surface area contributed by atoms with Crippen LogP contribution in [0.2, 0.25) is 0 Å². The molecule has 0 aliphatic carbocycles. The lowest BCUT2D eigenvalue weighted by Gasteiger charge is -2.14. The number of carbonyl (C=O) groups is 1. The molecule has 0 aliphatic rings. The molecule has 0 bridgehead atoms. The number of rotatable bonds is 6. The number of amides is 1. The fourth-order valence-electron chi connectivity index (χ4n) is 2.87. The Morgan fingerprint density at radius 3 is 2.59 bits per heavy atom. The second-order valence-electron chi connectivity index (χ2n) is 6.42. The first-order valence-electron chi connectivity index (χ1n) is 8.98. The van der Waals surface area contributed by atoms with E-state index < -0.39 is 5.76 Å². The molecule has 29 heavy (non-hydrogen) atoms. The molecular weight excluding hydrogens is 372 g/mol. The molecule has 0 spiro atoms. The zero-order chi connectivity index (χ0) is 20.2. The highest BCUT2D eigenvalue weighted by molar-refractivity contribution is 5.76. The SMILES string of the molecule is CC(NC(=O)Cn1nc(-c2ccccc2)oc1=O)c1ccc(-n2cncn2)cc1. The van der Waals surface area contributed by atoms with E-state index in [1.54, 1.807) is 23.1 Å². The number of hydrogen-bond donors (Lipinski definition) is 1. The summed E-state index contributed by atoms with van der Waals surface area (Å²) in [5.74, 6) is -0.836. The second-order valence-corrected chi connectivity index (χ2v) is 6.42. The quantitative estimate of drug-likeness (QED) is 0.539. The Labute approximate surface area is 165 Å². The van der Waals surface area contributed by atoms with Crippen molar-refractivity contribution in [3.63, 3.8) is 0 Å². The van der Waals surface area contributed by atoms with Crippen molar-refractivity contribution in [2.75, 3.05) is 0 Å². The number of benzene rings is 2. The van der Waals surface area contributed by atoms with Crippen LogP contribution < -0.4 is 11.1 Å². The van der Waals surface area contributed by atoms with E-state index in [-0.39, 0.29) is 24.4 Å². The largest absolute Gasteiger partial charge is 0.437 e. The first kappa shape index (κ1) is 18.4. The molecule has 2 aromatic heterocycles. The maximum Gasteiger partial charge on any atom is 0.437 e. The molecular formula is C20H18N6O3. The number of nitrogens with one attached hydrogen (secondary N) is 1. The van der Waals surface area contributed by atoms with Gasteiger partial charge < -0.3 is 9.73 Å². The van der Waals surface area contributed by atoms with Crippen molar-refractivity contribution in [1.82, 2.24) is 29.9 Å². The highest BCUT2D eigenvalue weighted by atomic mass is 16.4. The third-order valence-electron chi connectivity index (χ3n) is 4.37. The Hall–Kier alpha value is -4.01. The normalized spacial score (nSPS) is 11.9. The van der Waals surface area contributed by atoms with Gasteiger partial charge in [-0.25, -0.2) is 14.5 Å². The van der Waals surface area contributed by atoms with E-state index in [0.717, 1.165) is 15.9 Å². The molecule has 146 valence electrons. The lowest BCUT2D eigenvalue weighted by molar-refractivity contribution is -0.122. The van der Waals surface area contributed by atoms with E-state index in [9.17, 15) is 9.59 Å². The van der Waals surface area contributed by atoms with Crippen LogP contribution in [0.5, 0.6) is 0 Å². The first-order valence-corrected chi connectivity index (χ1v) is 8.98. The van der Waals surface area contributed by atoms with Crippen molar-refractivity contribution in [2.45, 2.75) is 19.5 Å². The fourth-order valence-corrected chi connectivity index (χ4v) is 2.87. The third-order valence-corrected chi connectivity index (χ3v) is 4.37. The Morgan fingerprint density at radius 1 is 1.14 bits per heavy atom. The Balaban J connectivity index is 1.41. The summed E-state index contributed by atoms with van der Waals surface area (Å²) in [5.41, 5.74) is 2.46. The molecule has 0 saturated carbocycles. The molecule has 0 fully saturated rings. The van der Waals surface area contributed by atoms with Gasteiger partial charge in [-0.05, 0) is 36.8 Å². The molecule has 9 heteroatoms. The molecule has 1 amide bonds. The van der Waals surface area contributed by atoms with E-state index in [0.29, 0.717) is 5.56 Å². The van der Waals surface area contributed by atoms with Crippen LogP contribution in [0.3, 0.4) is 0 Å². The summed E-state index contributed by atoms with van der Waals surface area (Å²) in [5, 5.41) is 11.0. The van der Waals surface area contributed by atoms with Crippen molar-refractivity contribution in [2.24, 2.45) is 0 Å². The molecule has 1 N–H and O–H groups in total. The predicted molar refractivity (Wildman–Crippen MR) is 104 cm³/mol. The molecule has 0 saturated heterocycles. The van der Waals surface area contributed by atoms with Gasteiger partial charge in [-0.2, -0.15) is 9.78 Å². The van der Waals surface area contributed by atoms with Crippen LogP contribution in [-0.4, -0.2) is 30.5 Å². The number of hydrogen-bond acceptors (Lipinski definition) is 6. The smallest absolute Gasteiger partial charge is 0.388 e. The predicted octanol–water partition coefficient (Wildman–Crippen LogP) is 1.96. The minimum absolute atomic E-state index is 0.181. The number of nitrogens with zero attached hydrogens (tertiary/aromatic N) is 5. The van der Waals surface area contributed by atoms with E-state index in [1.165, 1.54) is 6.33 Å². The van der Waals surface area contributed by atoms with Gasteiger partial charge >= 0.3 is 5.76 Å². The molecule has 0 aliphatic heterocycles. The summed E-state index contributed by atoms with van der Waals surface area (Å²) in [7, 11) is 0. The van der Waals surface area contributed by atoms with Crippen LogP contribution in [0.1, 0.15) is 18.5 Å². The standard InChI is InChI=1S/C20H18N6O3/c1-14(15-7-9-17(10-8-15)26-13-21-12-22-26)23-18(27)11-25-20(28)29-19(24-25)16-5-3-2-4-6-16/h2-10,12-14H,11H2,1H3,(H,23,27). The van der Waals surface area contributed by atoms with Gasteiger partial charge in [0.25, 0.3) is 0 Å². The minimum atomic E-state index is -0.677. The number of aromatic nitrogens is 5. The topological polar surface area (TPSA) is 108 Å². The molecule has 2 heterocycles. The van der Waals surface area contributed by atoms with Crippen LogP contribution in [0, 0.1) is 0 Å². The average Bonchev–Trinajstić information content (AvgIpc) is 3.39. The highest BCUT2D eigenvalue weighted by Crippen LogP contribution is 2.16. The highest BCUT2D eigenvalue weighted by Gasteiger charge is 2.15. The van der Waals surface area contributed by atoms with Gasteiger partial charge in [0.15, 0.2) is 0 Å². The summed E-state index contributed by atoms with van der Waals surface area (Å²) in [6, 6.07) is 16.4. The molecule has 0 radical (unpaired) electrons. The summed E-state index contributed by atoms with van der Waals surface area (Å²) in [6.45, 7) is 1.64. The van der Waals surface area contributed by atoms with Gasteiger partial charge in [-0.1, -0.05) is 30.3 Å². The number of carbonyl (C=O) groups excluding carboxylic acids is 1. The molecule has 4 rings (SSSR count). The Kier molecular flexibility index (Phi) is 5.02. The summed E-state index contributed by atoms with van der Waals surface area (Å²) >= 11 is 0. The molecule has 4 aromatic rings. The van der Waals surface area contributed by atoms with Gasteiger partial charge in [0, 0.05) is 5.56 Å². The fraction of sp³-hybridized carbons (Fsp3) is 0.150. The lowest BCUT2D eigenvalue weighted by atomic mass is 10.1. The van der Waals surface area contributed by atoms with E-state index in [2.05, 4.69) is 20.5 Å². The van der Waals surface area contributed by atoms with Crippen LogP contribution >= 0.6 is 0 Å². The minimum Gasteiger partial charge on any atom is -0.388 e. The molecule has 1 atom stereocenters. The summed E-state index contributed by atoms with van der Waals surface area (Å²) < 4.78 is 7.80. The zero-order valence-corrected chi connectivity index (χ0v) is 15.6. The van der Waals surface area contributed by atoms with Gasteiger partial charge in [-0.3, -0.25) is 4.79 Å². The Morgan fingerprint density at radius 2 is 1.90 bits per heavy atom. The van der Waals surface area contributed by atoms with Crippen molar-refractivity contribution in [3.05, 3.63) is 83.4 Å². The zero-order valence-electron chi connectivity index (χ0n) is 15.6. The first-order chi connectivity index (χ1) is 14.1. The maximum atomic E-state index is 12.4. The van der Waals surface area contributed by atoms with Crippen molar-refractivity contribution in [3.8, 4) is 17.1 Å². The van der Waals surface area contributed by atoms with Crippen LogP contribution in [0.4, 0.5) is 0 Å². The van der Waals surface area contributed by atoms with Crippen molar-refractivity contribution >= 4 is 5.91 Å². The monoisotopic (exact) mass is 390 g/mol. The molecule has 2 aromatic carbocycles. The summed E-state index contributed by atoms with van der Waals surface area (Å²) in [4.78, 5) is 28.3. The van der Waals surface area contributed by atoms with Crippen molar-refractivity contribution in [1.29, 1.82) is 0 Å². The van der Waals surface area contributed by atoms with E-state index in [4.69, 9.17) is 4.42 Å². The third kappa shape index (κ3) is 4.13. The maximum absolute atomic E-state index is 12.4. The van der Waals surface area contributed by atoms with Crippen LogP contribution in [-0.2, 0) is 11.3 Å².